The lowest BCUT2D eigenvalue weighted by molar-refractivity contribution is -0.138. The third kappa shape index (κ3) is 5.57. The van der Waals surface area contributed by atoms with Crippen molar-refractivity contribution in [3.63, 3.8) is 0 Å². The number of halogens is 3. The first kappa shape index (κ1) is 25.2. The van der Waals surface area contributed by atoms with Crippen LogP contribution in [0.3, 0.4) is 0 Å². The van der Waals surface area contributed by atoms with Crippen molar-refractivity contribution in [3.8, 4) is 6.07 Å². The Bertz CT molecular complexity index is 923. The number of hydrogen-bond acceptors (Lipinski definition) is 5. The van der Waals surface area contributed by atoms with Crippen molar-refractivity contribution in [1.82, 2.24) is 9.80 Å². The van der Waals surface area contributed by atoms with Gasteiger partial charge in [-0.1, -0.05) is 0 Å². The van der Waals surface area contributed by atoms with Gasteiger partial charge in [0.05, 0.1) is 28.9 Å². The average Bonchev–Trinajstić information content (AvgIpc) is 3.23. The Labute approximate surface area is 196 Å². The quantitative estimate of drug-likeness (QED) is 0.644. The Balaban J connectivity index is 1.73. The molecule has 2 saturated heterocycles. The van der Waals surface area contributed by atoms with Crippen LogP contribution in [0.4, 0.5) is 18.9 Å². The second-order valence-electron chi connectivity index (χ2n) is 8.90. The largest absolute Gasteiger partial charge is 0.417 e. The van der Waals surface area contributed by atoms with Crippen molar-refractivity contribution in [2.24, 2.45) is 17.8 Å². The van der Waals surface area contributed by atoms with Crippen molar-refractivity contribution < 1.29 is 22.8 Å². The van der Waals surface area contributed by atoms with E-state index >= 15 is 0 Å². The highest BCUT2D eigenvalue weighted by Crippen LogP contribution is 2.39. The van der Waals surface area contributed by atoms with Gasteiger partial charge in [0, 0.05) is 46.0 Å². The summed E-state index contributed by atoms with van der Waals surface area (Å²) in [6, 6.07) is 5.45. The van der Waals surface area contributed by atoms with Crippen LogP contribution in [0, 0.1) is 29.1 Å². The van der Waals surface area contributed by atoms with Crippen LogP contribution in [0.5, 0.6) is 0 Å². The van der Waals surface area contributed by atoms with Gasteiger partial charge in [-0.25, -0.2) is 0 Å². The molecule has 2 atom stereocenters. The number of nitriles is 1. The van der Waals surface area contributed by atoms with Crippen LogP contribution >= 0.6 is 11.8 Å². The number of benzene rings is 1. The summed E-state index contributed by atoms with van der Waals surface area (Å²) in [4.78, 5) is 30.6. The summed E-state index contributed by atoms with van der Waals surface area (Å²) in [7, 11) is 3.44. The molecule has 0 aromatic heterocycles. The molecule has 3 rings (SSSR count). The fourth-order valence-electron chi connectivity index (χ4n) is 4.96. The zero-order valence-corrected chi connectivity index (χ0v) is 19.9. The van der Waals surface area contributed by atoms with Gasteiger partial charge in [0.2, 0.25) is 11.8 Å². The molecule has 10 heteroatoms. The fourth-order valence-corrected chi connectivity index (χ4v) is 5.39. The van der Waals surface area contributed by atoms with E-state index in [1.807, 2.05) is 11.2 Å². The maximum Gasteiger partial charge on any atom is 0.417 e. The zero-order valence-electron chi connectivity index (χ0n) is 19.1. The van der Waals surface area contributed by atoms with Gasteiger partial charge in [-0.3, -0.25) is 9.59 Å². The number of carbonyl (C=O) groups is 2. The highest BCUT2D eigenvalue weighted by molar-refractivity contribution is 7.99. The maximum atomic E-state index is 13.4. The molecule has 0 N–H and O–H groups in total. The monoisotopic (exact) mass is 482 g/mol. The molecule has 180 valence electrons. The number of hydrogen-bond donors (Lipinski definition) is 0. The fraction of sp³-hybridized carbons (Fsp3) is 0.609. The number of thioether (sulfide) groups is 1. The van der Waals surface area contributed by atoms with E-state index in [-0.39, 0.29) is 35.1 Å². The number of nitrogens with zero attached hydrogens (tertiary/aromatic N) is 4. The number of likely N-dealkylation sites (tertiary alicyclic amines) is 1. The van der Waals surface area contributed by atoms with E-state index in [0.717, 1.165) is 18.9 Å². The van der Waals surface area contributed by atoms with Gasteiger partial charge in [0.1, 0.15) is 0 Å². The Morgan fingerprint density at radius 2 is 1.88 bits per heavy atom. The summed E-state index contributed by atoms with van der Waals surface area (Å²) in [6.07, 6.45) is -1.26. The van der Waals surface area contributed by atoms with Crippen molar-refractivity contribution in [2.45, 2.75) is 19.0 Å². The lowest BCUT2D eigenvalue weighted by atomic mass is 9.78. The molecule has 0 spiro atoms. The molecule has 1 aromatic rings. The molecule has 2 aliphatic heterocycles. The standard InChI is InChI=1S/C23H29F3N4O2S/c1-28(2)22(32)19-13-30(21(31)14-33-3)12-18(19)15-6-8-29(9-7-15)17-5-4-16(11-27)20(10-17)23(24,25)26/h4-5,10,15,18-19H,6-9,12-14H2,1-3H3/t18-,19+/m0/s1. The van der Waals surface area contributed by atoms with Crippen molar-refractivity contribution in [1.29, 1.82) is 5.26 Å². The Morgan fingerprint density at radius 1 is 1.21 bits per heavy atom. The minimum Gasteiger partial charge on any atom is -0.372 e. The van der Waals surface area contributed by atoms with Crippen LogP contribution in [0.2, 0.25) is 0 Å². The number of carbonyl (C=O) groups excluding carboxylic acids is 2. The smallest absolute Gasteiger partial charge is 0.372 e. The van der Waals surface area contributed by atoms with Gasteiger partial charge in [-0.05, 0) is 49.1 Å². The second-order valence-corrected chi connectivity index (χ2v) is 9.76. The van der Waals surface area contributed by atoms with Crippen LogP contribution in [-0.2, 0) is 15.8 Å². The molecule has 0 saturated carbocycles. The van der Waals surface area contributed by atoms with Crippen LogP contribution < -0.4 is 4.90 Å². The van der Waals surface area contributed by atoms with Gasteiger partial charge in [0.15, 0.2) is 0 Å². The number of alkyl halides is 3. The first-order chi connectivity index (χ1) is 15.6. The molecular formula is C23H29F3N4O2S. The van der Waals surface area contributed by atoms with Crippen molar-refractivity contribution >= 4 is 29.3 Å². The SMILES string of the molecule is CSCC(=O)N1C[C@@H](C(=O)N(C)C)[C@H](C2CCN(c3ccc(C#N)c(C(F)(F)F)c3)CC2)C1. The van der Waals surface area contributed by atoms with Gasteiger partial charge in [0.25, 0.3) is 0 Å². The van der Waals surface area contributed by atoms with Crippen LogP contribution in [0.1, 0.15) is 24.0 Å². The first-order valence-corrected chi connectivity index (χ1v) is 12.3. The molecule has 0 radical (unpaired) electrons. The molecular weight excluding hydrogens is 453 g/mol. The van der Waals surface area contributed by atoms with Crippen molar-refractivity contribution in [3.05, 3.63) is 29.3 Å². The summed E-state index contributed by atoms with van der Waals surface area (Å²) >= 11 is 1.46. The van der Waals surface area contributed by atoms with Crippen LogP contribution in [0.15, 0.2) is 18.2 Å². The molecule has 2 fully saturated rings. The topological polar surface area (TPSA) is 67.7 Å². The second kappa shape index (κ2) is 10.2. The highest BCUT2D eigenvalue weighted by atomic mass is 32.2. The van der Waals surface area contributed by atoms with Crippen LogP contribution in [0.25, 0.3) is 0 Å². The minimum absolute atomic E-state index is 0.0174. The molecule has 0 unspecified atom stereocenters. The molecule has 0 aliphatic carbocycles. The third-order valence-electron chi connectivity index (χ3n) is 6.68. The summed E-state index contributed by atoms with van der Waals surface area (Å²) in [5, 5.41) is 9.02. The first-order valence-electron chi connectivity index (χ1n) is 10.9. The van der Waals surface area contributed by atoms with E-state index in [9.17, 15) is 22.8 Å². The average molecular weight is 483 g/mol. The summed E-state index contributed by atoms with van der Waals surface area (Å²) in [6.45, 7) is 2.09. The van der Waals surface area contributed by atoms with Gasteiger partial charge >= 0.3 is 6.18 Å². The summed E-state index contributed by atoms with van der Waals surface area (Å²) in [5.74, 6) is 0.435. The van der Waals surface area contributed by atoms with E-state index in [0.29, 0.717) is 37.6 Å². The Kier molecular flexibility index (Phi) is 7.83. The highest BCUT2D eigenvalue weighted by Gasteiger charge is 2.44. The van der Waals surface area contributed by atoms with Crippen molar-refractivity contribution in [2.75, 3.05) is 57.2 Å². The van der Waals surface area contributed by atoms with E-state index in [4.69, 9.17) is 5.26 Å². The molecule has 2 heterocycles. The van der Waals surface area contributed by atoms with E-state index in [1.165, 1.54) is 17.8 Å². The molecule has 2 aliphatic rings. The predicted molar refractivity (Wildman–Crippen MR) is 122 cm³/mol. The zero-order chi connectivity index (χ0) is 24.3. The molecule has 2 amide bonds. The van der Waals surface area contributed by atoms with Gasteiger partial charge in [-0.2, -0.15) is 30.2 Å². The molecule has 1 aromatic carbocycles. The lowest BCUT2D eigenvalue weighted by Gasteiger charge is -2.38. The third-order valence-corrected chi connectivity index (χ3v) is 7.22. The summed E-state index contributed by atoms with van der Waals surface area (Å²) < 4.78 is 40.1. The lowest BCUT2D eigenvalue weighted by Crippen LogP contribution is -2.41. The van der Waals surface area contributed by atoms with Crippen LogP contribution in [-0.4, -0.2) is 73.9 Å². The van der Waals surface area contributed by atoms with E-state index in [1.54, 1.807) is 36.0 Å². The predicted octanol–water partition coefficient (Wildman–Crippen LogP) is 3.32. The normalized spacial score (nSPS) is 21.7. The maximum absolute atomic E-state index is 13.4. The molecule has 6 nitrogen and oxygen atoms in total. The number of amides is 2. The number of piperidine rings is 1. The van der Waals surface area contributed by atoms with E-state index < -0.39 is 11.7 Å². The number of anilines is 1. The minimum atomic E-state index is -4.59. The summed E-state index contributed by atoms with van der Waals surface area (Å²) in [5.41, 5.74) is -0.851. The Hall–Kier alpha value is -2.41. The van der Waals surface area contributed by atoms with E-state index in [2.05, 4.69) is 0 Å². The molecule has 33 heavy (non-hydrogen) atoms. The Morgan fingerprint density at radius 3 is 2.42 bits per heavy atom. The van der Waals surface area contributed by atoms with Gasteiger partial charge < -0.3 is 14.7 Å². The molecule has 0 bridgehead atoms. The number of rotatable bonds is 5. The van der Waals surface area contributed by atoms with Gasteiger partial charge in [-0.15, -0.1) is 0 Å².